The first-order valence-corrected chi connectivity index (χ1v) is 7.02. The van der Waals surface area contributed by atoms with Gasteiger partial charge in [-0.2, -0.15) is 0 Å². The standard InChI is InChI=1S/C16H20N2O2/c1-4-18(5-2)15-12-9-7-8-10-14(12)17-11-13(15)16(19)20-6-3/h7-11H,4-6H2,1-3H3. The van der Waals surface area contributed by atoms with E-state index >= 15 is 0 Å². The Kier molecular flexibility index (Phi) is 4.56. The summed E-state index contributed by atoms with van der Waals surface area (Å²) in [6.45, 7) is 7.99. The second kappa shape index (κ2) is 6.37. The summed E-state index contributed by atoms with van der Waals surface area (Å²) in [5, 5.41) is 0.988. The Balaban J connectivity index is 2.67. The van der Waals surface area contributed by atoms with Crippen LogP contribution in [0.4, 0.5) is 5.69 Å². The van der Waals surface area contributed by atoms with Gasteiger partial charge in [0.05, 0.1) is 17.8 Å². The normalized spacial score (nSPS) is 10.6. The quantitative estimate of drug-likeness (QED) is 0.783. The van der Waals surface area contributed by atoms with Crippen molar-refractivity contribution in [1.29, 1.82) is 0 Å². The maximum absolute atomic E-state index is 12.2. The molecule has 0 spiro atoms. The lowest BCUT2D eigenvalue weighted by atomic mass is 10.1. The fourth-order valence-electron chi connectivity index (χ4n) is 2.37. The summed E-state index contributed by atoms with van der Waals surface area (Å²) in [6.07, 6.45) is 1.62. The smallest absolute Gasteiger partial charge is 0.341 e. The summed E-state index contributed by atoms with van der Waals surface area (Å²) < 4.78 is 5.15. The number of para-hydroxylation sites is 1. The summed E-state index contributed by atoms with van der Waals surface area (Å²) in [7, 11) is 0. The number of carbonyl (C=O) groups excluding carboxylic acids is 1. The van der Waals surface area contributed by atoms with Gasteiger partial charge in [0.2, 0.25) is 0 Å². The Morgan fingerprint density at radius 1 is 1.20 bits per heavy atom. The van der Waals surface area contributed by atoms with Gasteiger partial charge in [-0.15, -0.1) is 0 Å². The SMILES string of the molecule is CCOC(=O)c1cnc2ccccc2c1N(CC)CC. The molecule has 0 radical (unpaired) electrons. The second-order valence-electron chi connectivity index (χ2n) is 4.43. The van der Waals surface area contributed by atoms with E-state index in [4.69, 9.17) is 4.74 Å². The average molecular weight is 272 g/mol. The summed E-state index contributed by atoms with van der Waals surface area (Å²) in [5.41, 5.74) is 2.34. The van der Waals surface area contributed by atoms with Crippen LogP contribution in [0.1, 0.15) is 31.1 Å². The molecule has 1 heterocycles. The number of benzene rings is 1. The molecule has 0 bridgehead atoms. The van der Waals surface area contributed by atoms with Crippen LogP contribution in [0.3, 0.4) is 0 Å². The molecule has 0 N–H and O–H groups in total. The van der Waals surface area contributed by atoms with Crippen LogP contribution in [0.25, 0.3) is 10.9 Å². The minimum atomic E-state index is -0.312. The van der Waals surface area contributed by atoms with E-state index in [0.717, 1.165) is 29.7 Å². The third-order valence-corrected chi connectivity index (χ3v) is 3.32. The van der Waals surface area contributed by atoms with Gasteiger partial charge in [-0.25, -0.2) is 4.79 Å². The second-order valence-corrected chi connectivity index (χ2v) is 4.43. The molecule has 4 heteroatoms. The van der Waals surface area contributed by atoms with Crippen LogP contribution in [-0.4, -0.2) is 30.6 Å². The van der Waals surface area contributed by atoms with Crippen molar-refractivity contribution < 1.29 is 9.53 Å². The third kappa shape index (κ3) is 2.59. The average Bonchev–Trinajstić information content (AvgIpc) is 2.48. The summed E-state index contributed by atoms with van der Waals surface area (Å²) >= 11 is 0. The number of fused-ring (bicyclic) bond motifs is 1. The van der Waals surface area contributed by atoms with Crippen molar-refractivity contribution in [1.82, 2.24) is 4.98 Å². The van der Waals surface area contributed by atoms with E-state index in [1.54, 1.807) is 6.20 Å². The van der Waals surface area contributed by atoms with Crippen LogP contribution < -0.4 is 4.90 Å². The molecule has 0 saturated carbocycles. The first-order chi connectivity index (χ1) is 9.72. The van der Waals surface area contributed by atoms with Gasteiger partial charge in [-0.3, -0.25) is 4.98 Å². The molecule has 1 aromatic heterocycles. The molecule has 20 heavy (non-hydrogen) atoms. The van der Waals surface area contributed by atoms with Crippen LogP contribution in [-0.2, 0) is 4.74 Å². The predicted octanol–water partition coefficient (Wildman–Crippen LogP) is 3.26. The van der Waals surface area contributed by atoms with E-state index in [1.165, 1.54) is 0 Å². The first kappa shape index (κ1) is 14.3. The van der Waals surface area contributed by atoms with Crippen LogP contribution >= 0.6 is 0 Å². The molecule has 0 unspecified atom stereocenters. The molecular formula is C16H20N2O2. The van der Waals surface area contributed by atoms with Gasteiger partial charge >= 0.3 is 5.97 Å². The van der Waals surface area contributed by atoms with E-state index in [0.29, 0.717) is 12.2 Å². The lowest BCUT2D eigenvalue weighted by Crippen LogP contribution is -2.25. The molecule has 106 valence electrons. The van der Waals surface area contributed by atoms with E-state index in [9.17, 15) is 4.79 Å². The number of hydrogen-bond acceptors (Lipinski definition) is 4. The van der Waals surface area contributed by atoms with Gasteiger partial charge in [-0.05, 0) is 26.8 Å². The highest BCUT2D eigenvalue weighted by molar-refractivity contribution is 6.05. The van der Waals surface area contributed by atoms with Crippen molar-refractivity contribution in [2.24, 2.45) is 0 Å². The number of aromatic nitrogens is 1. The molecule has 2 rings (SSSR count). The van der Waals surface area contributed by atoms with Crippen molar-refractivity contribution in [3.63, 3.8) is 0 Å². The lowest BCUT2D eigenvalue weighted by Gasteiger charge is -2.25. The van der Waals surface area contributed by atoms with Gasteiger partial charge in [0.1, 0.15) is 5.56 Å². The highest BCUT2D eigenvalue weighted by Gasteiger charge is 2.19. The number of pyridine rings is 1. The molecule has 0 aliphatic heterocycles. The number of anilines is 1. The zero-order valence-corrected chi connectivity index (χ0v) is 12.2. The molecule has 0 fully saturated rings. The van der Waals surface area contributed by atoms with E-state index < -0.39 is 0 Å². The molecule has 0 saturated heterocycles. The molecule has 0 aliphatic carbocycles. The van der Waals surface area contributed by atoms with Crippen LogP contribution in [0.15, 0.2) is 30.5 Å². The molecule has 1 aromatic carbocycles. The van der Waals surface area contributed by atoms with Crippen LogP contribution in [0.2, 0.25) is 0 Å². The molecule has 4 nitrogen and oxygen atoms in total. The number of nitrogens with zero attached hydrogens (tertiary/aromatic N) is 2. The summed E-state index contributed by atoms with van der Waals surface area (Å²) in [5.74, 6) is -0.312. The van der Waals surface area contributed by atoms with Crippen molar-refractivity contribution >= 4 is 22.6 Å². The molecule has 0 amide bonds. The molecule has 0 aliphatic rings. The monoisotopic (exact) mass is 272 g/mol. The maximum atomic E-state index is 12.2. The largest absolute Gasteiger partial charge is 0.462 e. The Morgan fingerprint density at radius 3 is 2.55 bits per heavy atom. The fourth-order valence-corrected chi connectivity index (χ4v) is 2.37. The van der Waals surface area contributed by atoms with E-state index in [-0.39, 0.29) is 5.97 Å². The van der Waals surface area contributed by atoms with E-state index in [1.807, 2.05) is 31.2 Å². The summed E-state index contributed by atoms with van der Waals surface area (Å²) in [6, 6.07) is 7.87. The Hall–Kier alpha value is -2.10. The number of carbonyl (C=O) groups is 1. The minimum Gasteiger partial charge on any atom is -0.462 e. The third-order valence-electron chi connectivity index (χ3n) is 3.32. The highest BCUT2D eigenvalue weighted by atomic mass is 16.5. The number of ether oxygens (including phenoxy) is 1. The van der Waals surface area contributed by atoms with Gasteiger partial charge in [0.25, 0.3) is 0 Å². The van der Waals surface area contributed by atoms with Gasteiger partial charge in [0.15, 0.2) is 0 Å². The van der Waals surface area contributed by atoms with Crippen molar-refractivity contribution in [3.05, 3.63) is 36.0 Å². The van der Waals surface area contributed by atoms with E-state index in [2.05, 4.69) is 23.7 Å². The summed E-state index contributed by atoms with van der Waals surface area (Å²) in [4.78, 5) is 18.7. The number of esters is 1. The molecule has 2 aromatic rings. The van der Waals surface area contributed by atoms with Crippen molar-refractivity contribution in [2.45, 2.75) is 20.8 Å². The van der Waals surface area contributed by atoms with Crippen LogP contribution in [0.5, 0.6) is 0 Å². The zero-order chi connectivity index (χ0) is 14.5. The van der Waals surface area contributed by atoms with Crippen molar-refractivity contribution in [3.8, 4) is 0 Å². The zero-order valence-electron chi connectivity index (χ0n) is 12.2. The van der Waals surface area contributed by atoms with Crippen LogP contribution in [0, 0.1) is 0 Å². The Bertz CT molecular complexity index is 606. The lowest BCUT2D eigenvalue weighted by molar-refractivity contribution is 0.0527. The Morgan fingerprint density at radius 2 is 1.90 bits per heavy atom. The topological polar surface area (TPSA) is 42.4 Å². The first-order valence-electron chi connectivity index (χ1n) is 7.02. The van der Waals surface area contributed by atoms with Gasteiger partial charge in [0, 0.05) is 24.7 Å². The minimum absolute atomic E-state index is 0.312. The molecular weight excluding hydrogens is 252 g/mol. The number of rotatable bonds is 5. The predicted molar refractivity (Wildman–Crippen MR) is 81.3 cm³/mol. The molecule has 0 atom stereocenters. The maximum Gasteiger partial charge on any atom is 0.341 e. The van der Waals surface area contributed by atoms with Gasteiger partial charge in [-0.1, -0.05) is 18.2 Å². The Labute approximate surface area is 119 Å². The highest BCUT2D eigenvalue weighted by Crippen LogP contribution is 2.30. The fraction of sp³-hybridized carbons (Fsp3) is 0.375. The number of hydrogen-bond donors (Lipinski definition) is 0. The van der Waals surface area contributed by atoms with Gasteiger partial charge < -0.3 is 9.64 Å². The van der Waals surface area contributed by atoms with Crippen molar-refractivity contribution in [2.75, 3.05) is 24.6 Å².